The number of hydrogen-bond donors (Lipinski definition) is 0. The van der Waals surface area contributed by atoms with Gasteiger partial charge in [-0.15, -0.1) is 0 Å². The Bertz CT molecular complexity index is 1050. The molecule has 0 fully saturated rings. The summed E-state index contributed by atoms with van der Waals surface area (Å²) in [5.41, 5.74) is 0.303. The van der Waals surface area contributed by atoms with Crippen LogP contribution in [0.5, 0.6) is 5.75 Å². The lowest BCUT2D eigenvalue weighted by Crippen LogP contribution is -2.04. The average molecular weight is 367 g/mol. The number of nitriles is 1. The summed E-state index contributed by atoms with van der Waals surface area (Å²) in [5, 5.41) is 11.4. The van der Waals surface area contributed by atoms with E-state index < -0.39 is 11.7 Å². The summed E-state index contributed by atoms with van der Waals surface area (Å²) >= 11 is 0. The van der Waals surface area contributed by atoms with Crippen molar-refractivity contribution in [1.82, 2.24) is 0 Å². The van der Waals surface area contributed by atoms with Gasteiger partial charge in [0.1, 0.15) is 5.75 Å². The fourth-order valence-electron chi connectivity index (χ4n) is 2.88. The Balaban J connectivity index is 2.15. The Labute approximate surface area is 155 Å². The van der Waals surface area contributed by atoms with Gasteiger partial charge in [0, 0.05) is 0 Å². The molecule has 0 atom stereocenters. The highest BCUT2D eigenvalue weighted by Gasteiger charge is 2.30. The zero-order chi connectivity index (χ0) is 19.4. The molecule has 0 N–H and O–H groups in total. The van der Waals surface area contributed by atoms with E-state index in [1.165, 1.54) is 12.1 Å². The molecule has 2 nitrogen and oxygen atoms in total. The van der Waals surface area contributed by atoms with Gasteiger partial charge in [-0.2, -0.15) is 18.4 Å². The van der Waals surface area contributed by atoms with E-state index >= 15 is 0 Å². The van der Waals surface area contributed by atoms with Crippen molar-refractivity contribution in [3.05, 3.63) is 77.4 Å². The molecule has 5 heteroatoms. The van der Waals surface area contributed by atoms with Gasteiger partial charge < -0.3 is 4.74 Å². The molecule has 0 saturated carbocycles. The maximum atomic E-state index is 13.0. The number of ether oxygens (including phenoxy) is 1. The quantitative estimate of drug-likeness (QED) is 0.399. The fraction of sp³-hybridized carbons (Fsp3) is 0.136. The minimum Gasteiger partial charge on any atom is -0.494 e. The van der Waals surface area contributed by atoms with Crippen molar-refractivity contribution in [2.24, 2.45) is 0 Å². The number of rotatable bonds is 4. The van der Waals surface area contributed by atoms with Gasteiger partial charge in [-0.25, -0.2) is 0 Å². The van der Waals surface area contributed by atoms with Gasteiger partial charge in [0.15, 0.2) is 0 Å². The highest BCUT2D eigenvalue weighted by molar-refractivity contribution is 5.99. The van der Waals surface area contributed by atoms with E-state index in [9.17, 15) is 18.4 Å². The highest BCUT2D eigenvalue weighted by Crippen LogP contribution is 2.32. The van der Waals surface area contributed by atoms with Crippen molar-refractivity contribution < 1.29 is 17.9 Å². The Hall–Kier alpha value is -3.26. The van der Waals surface area contributed by atoms with Crippen LogP contribution in [-0.2, 0) is 6.18 Å². The molecule has 0 radical (unpaired) electrons. The molecule has 136 valence electrons. The maximum absolute atomic E-state index is 13.0. The van der Waals surface area contributed by atoms with E-state index in [-0.39, 0.29) is 11.1 Å². The van der Waals surface area contributed by atoms with E-state index in [2.05, 4.69) is 0 Å². The largest absolute Gasteiger partial charge is 0.494 e. The van der Waals surface area contributed by atoms with Crippen LogP contribution in [-0.4, -0.2) is 6.61 Å². The van der Waals surface area contributed by atoms with E-state index in [0.29, 0.717) is 17.9 Å². The maximum Gasteiger partial charge on any atom is 0.416 e. The summed E-state index contributed by atoms with van der Waals surface area (Å²) in [6, 6.07) is 18.1. The third-order valence-corrected chi connectivity index (χ3v) is 4.10. The van der Waals surface area contributed by atoms with Crippen LogP contribution in [0.3, 0.4) is 0 Å². The monoisotopic (exact) mass is 367 g/mol. The van der Waals surface area contributed by atoms with Crippen molar-refractivity contribution in [1.29, 1.82) is 5.26 Å². The number of halogens is 3. The molecule has 0 unspecified atom stereocenters. The zero-order valence-corrected chi connectivity index (χ0v) is 14.5. The number of allylic oxidation sites excluding steroid dienone is 1. The SMILES string of the molecule is CCOc1cc(C=C(C#N)c2cccc(C(F)(F)F)c2)c2ccccc2c1. The van der Waals surface area contributed by atoms with Crippen LogP contribution in [0.1, 0.15) is 23.6 Å². The Kier molecular flexibility index (Phi) is 5.18. The summed E-state index contributed by atoms with van der Waals surface area (Å²) in [4.78, 5) is 0. The molecule has 0 saturated heterocycles. The van der Waals surface area contributed by atoms with Crippen LogP contribution in [0, 0.1) is 11.3 Å². The van der Waals surface area contributed by atoms with Crippen LogP contribution >= 0.6 is 0 Å². The Morgan fingerprint density at radius 3 is 2.56 bits per heavy atom. The molecule has 0 aliphatic carbocycles. The van der Waals surface area contributed by atoms with E-state index in [4.69, 9.17) is 4.74 Å². The van der Waals surface area contributed by atoms with Crippen LogP contribution in [0.4, 0.5) is 13.2 Å². The summed E-state index contributed by atoms with van der Waals surface area (Å²) in [7, 11) is 0. The van der Waals surface area contributed by atoms with E-state index in [0.717, 1.165) is 22.9 Å². The Morgan fingerprint density at radius 1 is 1.07 bits per heavy atom. The number of alkyl halides is 3. The lowest BCUT2D eigenvalue weighted by Gasteiger charge is -2.10. The molecule has 0 amide bonds. The van der Waals surface area contributed by atoms with Crippen molar-refractivity contribution in [3.8, 4) is 11.8 Å². The van der Waals surface area contributed by atoms with Crippen LogP contribution in [0.15, 0.2) is 60.7 Å². The van der Waals surface area contributed by atoms with Gasteiger partial charge >= 0.3 is 6.18 Å². The second-order valence-electron chi connectivity index (χ2n) is 5.92. The summed E-state index contributed by atoms with van der Waals surface area (Å²) in [5.74, 6) is 0.642. The molecule has 0 spiro atoms. The second kappa shape index (κ2) is 7.55. The first-order chi connectivity index (χ1) is 12.9. The summed E-state index contributed by atoms with van der Waals surface area (Å²) < 4.78 is 44.5. The topological polar surface area (TPSA) is 33.0 Å². The van der Waals surface area contributed by atoms with Crippen LogP contribution < -0.4 is 4.74 Å². The van der Waals surface area contributed by atoms with E-state index in [1.54, 1.807) is 12.1 Å². The van der Waals surface area contributed by atoms with Gasteiger partial charge in [0.2, 0.25) is 0 Å². The minimum atomic E-state index is -4.46. The smallest absolute Gasteiger partial charge is 0.416 e. The summed E-state index contributed by atoms with van der Waals surface area (Å²) in [6.07, 6.45) is -2.86. The standard InChI is InChI=1S/C22H16F3NO/c1-2-27-20-12-16-6-3-4-9-21(16)17(13-20)10-18(14-26)15-7-5-8-19(11-15)22(23,24)25/h3-13H,2H2,1H3. The third-order valence-electron chi connectivity index (χ3n) is 4.10. The number of hydrogen-bond acceptors (Lipinski definition) is 2. The molecule has 0 heterocycles. The molecule has 0 aliphatic heterocycles. The van der Waals surface area contributed by atoms with Crippen molar-refractivity contribution in [2.75, 3.05) is 6.61 Å². The predicted octanol–water partition coefficient (Wildman–Crippen LogP) is 6.32. The van der Waals surface area contributed by atoms with Gasteiger partial charge in [0.25, 0.3) is 0 Å². The summed E-state index contributed by atoms with van der Waals surface area (Å²) in [6.45, 7) is 2.36. The Morgan fingerprint density at radius 2 is 1.85 bits per heavy atom. The predicted molar refractivity (Wildman–Crippen MR) is 100 cm³/mol. The van der Waals surface area contributed by atoms with E-state index in [1.807, 2.05) is 43.3 Å². The first kappa shape index (κ1) is 18.5. The lowest BCUT2D eigenvalue weighted by molar-refractivity contribution is -0.137. The average Bonchev–Trinajstić information content (AvgIpc) is 2.65. The minimum absolute atomic E-state index is 0.153. The first-order valence-electron chi connectivity index (χ1n) is 8.37. The molecule has 3 aromatic carbocycles. The molecule has 0 aromatic heterocycles. The van der Waals surface area contributed by atoms with Crippen molar-refractivity contribution >= 4 is 22.4 Å². The number of fused-ring (bicyclic) bond motifs is 1. The van der Waals surface area contributed by atoms with Crippen molar-refractivity contribution in [3.63, 3.8) is 0 Å². The fourth-order valence-corrected chi connectivity index (χ4v) is 2.88. The number of benzene rings is 3. The van der Waals surface area contributed by atoms with Gasteiger partial charge in [-0.05, 0) is 59.2 Å². The third kappa shape index (κ3) is 4.12. The van der Waals surface area contributed by atoms with Gasteiger partial charge in [-0.1, -0.05) is 36.4 Å². The van der Waals surface area contributed by atoms with Crippen LogP contribution in [0.2, 0.25) is 0 Å². The molecule has 0 bridgehead atoms. The van der Waals surface area contributed by atoms with Gasteiger partial charge in [-0.3, -0.25) is 0 Å². The zero-order valence-electron chi connectivity index (χ0n) is 14.5. The molecular formula is C22H16F3NO. The lowest BCUT2D eigenvalue weighted by atomic mass is 9.98. The molecule has 3 rings (SSSR count). The molecule has 3 aromatic rings. The van der Waals surface area contributed by atoms with Crippen molar-refractivity contribution in [2.45, 2.75) is 13.1 Å². The first-order valence-corrected chi connectivity index (χ1v) is 8.37. The molecular weight excluding hydrogens is 351 g/mol. The number of nitrogens with zero attached hydrogens (tertiary/aromatic N) is 1. The van der Waals surface area contributed by atoms with Gasteiger partial charge in [0.05, 0.1) is 23.8 Å². The molecule has 27 heavy (non-hydrogen) atoms. The highest BCUT2D eigenvalue weighted by atomic mass is 19.4. The molecule has 0 aliphatic rings. The second-order valence-corrected chi connectivity index (χ2v) is 5.92. The van der Waals surface area contributed by atoms with Crippen LogP contribution in [0.25, 0.3) is 22.4 Å². The normalized spacial score (nSPS) is 12.0.